The predicted octanol–water partition coefficient (Wildman–Crippen LogP) is 3.19. The zero-order valence-corrected chi connectivity index (χ0v) is 21.0. The van der Waals surface area contributed by atoms with E-state index in [4.69, 9.17) is 4.74 Å². The Morgan fingerprint density at radius 1 is 1.26 bits per heavy atom. The van der Waals surface area contributed by atoms with Crippen LogP contribution in [0.15, 0.2) is 59.5 Å². The molecule has 7 nitrogen and oxygen atoms in total. The van der Waals surface area contributed by atoms with Crippen molar-refractivity contribution in [3.8, 4) is 5.75 Å². The zero-order valence-electron chi connectivity index (χ0n) is 20.2. The Morgan fingerprint density at radius 3 is 2.62 bits per heavy atom. The minimum absolute atomic E-state index is 0.0415. The number of carbonyl (C=O) groups is 1. The number of carbonyl (C=O) groups excluding carboxylic acids is 1. The highest BCUT2D eigenvalue weighted by Gasteiger charge is 2.38. The lowest BCUT2D eigenvalue weighted by Gasteiger charge is -2.37. The van der Waals surface area contributed by atoms with Gasteiger partial charge in [0.25, 0.3) is 0 Å². The molecule has 3 atom stereocenters. The highest BCUT2D eigenvalue weighted by Crippen LogP contribution is 2.34. The fraction of sp³-hybridized carbons (Fsp3) is 0.423. The molecule has 0 unspecified atom stereocenters. The van der Waals surface area contributed by atoms with Gasteiger partial charge in [-0.15, -0.1) is 0 Å². The maximum Gasteiger partial charge on any atom is 0.247 e. The average Bonchev–Trinajstić information content (AvgIpc) is 2.81. The number of fused-ring (bicyclic) bond motifs is 1. The van der Waals surface area contributed by atoms with Gasteiger partial charge in [0.2, 0.25) is 15.9 Å². The lowest BCUT2D eigenvalue weighted by molar-refractivity contribution is -0.130. The van der Waals surface area contributed by atoms with Crippen LogP contribution in [0.3, 0.4) is 0 Å². The Balaban J connectivity index is 1.94. The van der Waals surface area contributed by atoms with Crippen LogP contribution in [0.1, 0.15) is 31.9 Å². The van der Waals surface area contributed by atoms with E-state index in [0.29, 0.717) is 6.54 Å². The van der Waals surface area contributed by atoms with Gasteiger partial charge in [0.1, 0.15) is 16.7 Å². The van der Waals surface area contributed by atoms with Gasteiger partial charge in [-0.25, -0.2) is 8.42 Å². The summed E-state index contributed by atoms with van der Waals surface area (Å²) in [6.45, 7) is 5.67. The van der Waals surface area contributed by atoms with E-state index in [1.165, 1.54) is 4.31 Å². The molecule has 3 rings (SSSR count). The number of likely N-dealkylation sites (N-methyl/N-ethyl adjacent to an activating group) is 1. The first-order chi connectivity index (χ1) is 16.2. The van der Waals surface area contributed by atoms with Crippen molar-refractivity contribution in [3.63, 3.8) is 0 Å². The van der Waals surface area contributed by atoms with Crippen LogP contribution in [0.4, 0.5) is 0 Å². The fourth-order valence-electron chi connectivity index (χ4n) is 4.03. The first-order valence-electron chi connectivity index (χ1n) is 11.5. The summed E-state index contributed by atoms with van der Waals surface area (Å²) >= 11 is 0. The molecule has 0 aromatic heterocycles. The number of hydrogen-bond acceptors (Lipinski definition) is 5. The van der Waals surface area contributed by atoms with Crippen LogP contribution >= 0.6 is 0 Å². The molecule has 0 saturated heterocycles. The Labute approximate surface area is 202 Å². The van der Waals surface area contributed by atoms with Crippen LogP contribution < -0.4 is 4.74 Å². The largest absolute Gasteiger partial charge is 0.487 e. The van der Waals surface area contributed by atoms with Crippen molar-refractivity contribution < 1.29 is 23.1 Å². The van der Waals surface area contributed by atoms with E-state index in [1.807, 2.05) is 56.3 Å². The number of hydrogen-bond donors (Lipinski definition) is 1. The molecule has 34 heavy (non-hydrogen) atoms. The lowest BCUT2D eigenvalue weighted by Crippen LogP contribution is -2.50. The molecule has 0 aliphatic carbocycles. The molecule has 2 aromatic carbocycles. The van der Waals surface area contributed by atoms with Gasteiger partial charge in [-0.2, -0.15) is 4.31 Å². The van der Waals surface area contributed by atoms with Crippen LogP contribution in [0, 0.1) is 5.92 Å². The first-order valence-corrected chi connectivity index (χ1v) is 12.9. The third kappa shape index (κ3) is 5.87. The normalized spacial score (nSPS) is 21.2. The molecule has 0 radical (unpaired) electrons. The van der Waals surface area contributed by atoms with Gasteiger partial charge in [0, 0.05) is 25.6 Å². The number of rotatable bonds is 7. The quantitative estimate of drug-likeness (QED) is 0.650. The highest BCUT2D eigenvalue weighted by atomic mass is 32.2. The summed E-state index contributed by atoms with van der Waals surface area (Å²) in [5, 5.41) is 9.75. The first kappa shape index (κ1) is 25.9. The van der Waals surface area contributed by atoms with Crippen molar-refractivity contribution in [1.29, 1.82) is 0 Å². The van der Waals surface area contributed by atoms with Crippen molar-refractivity contribution in [2.75, 3.05) is 26.7 Å². The maximum absolute atomic E-state index is 13.5. The van der Waals surface area contributed by atoms with E-state index < -0.39 is 22.2 Å². The smallest absolute Gasteiger partial charge is 0.247 e. The summed E-state index contributed by atoms with van der Waals surface area (Å²) in [5.41, 5.74) is 1.75. The molecule has 1 amide bonds. The van der Waals surface area contributed by atoms with E-state index >= 15 is 0 Å². The van der Waals surface area contributed by atoms with E-state index in [0.717, 1.165) is 11.1 Å². The third-order valence-electron chi connectivity index (χ3n) is 6.13. The minimum atomic E-state index is -3.88. The number of aliphatic hydroxyl groups excluding tert-OH is 1. The Bertz CT molecular complexity index is 1120. The zero-order chi connectivity index (χ0) is 24.9. The number of aliphatic hydroxyl groups is 1. The predicted molar refractivity (Wildman–Crippen MR) is 133 cm³/mol. The fourth-order valence-corrected chi connectivity index (χ4v) is 5.86. The molecule has 184 valence electrons. The van der Waals surface area contributed by atoms with Crippen LogP contribution in [-0.2, 0) is 21.2 Å². The number of allylic oxidation sites excluding steroid dienone is 1. The van der Waals surface area contributed by atoms with E-state index in [9.17, 15) is 18.3 Å². The number of nitrogens with zero attached hydrogens (tertiary/aromatic N) is 2. The monoisotopic (exact) mass is 486 g/mol. The minimum Gasteiger partial charge on any atom is -0.487 e. The maximum atomic E-state index is 13.5. The summed E-state index contributed by atoms with van der Waals surface area (Å²) in [6.07, 6.45) is 3.59. The SMILES string of the molecule is C/C=C/c1ccc2c(c1)O[C@@H](CN(C)C(=O)Cc1ccccc1)[C@@H](C)CN([C@@H](C)CO)S2(=O)=O. The second kappa shape index (κ2) is 11.2. The standard InChI is InChI=1S/C26H34N2O5S/c1-5-9-21-12-13-25-23(14-21)33-24(19(2)16-28(20(3)18-29)34(25,31)32)17-27(4)26(30)15-22-10-7-6-8-11-22/h5-14,19-20,24,29H,15-18H2,1-4H3/b9-5+/t19-,20-,24-/m0/s1. The summed E-state index contributed by atoms with van der Waals surface area (Å²) in [5.74, 6) is -0.0133. The lowest BCUT2D eigenvalue weighted by atomic mass is 10.0. The van der Waals surface area contributed by atoms with Gasteiger partial charge in [-0.1, -0.05) is 55.5 Å². The van der Waals surface area contributed by atoms with Crippen molar-refractivity contribution in [1.82, 2.24) is 9.21 Å². The Kier molecular flexibility index (Phi) is 8.52. The molecule has 0 spiro atoms. The number of amides is 1. The van der Waals surface area contributed by atoms with Gasteiger partial charge >= 0.3 is 0 Å². The van der Waals surface area contributed by atoms with Crippen molar-refractivity contribution in [2.45, 2.75) is 44.2 Å². The molecule has 2 aromatic rings. The summed E-state index contributed by atoms with van der Waals surface area (Å²) in [4.78, 5) is 14.6. The number of benzene rings is 2. The van der Waals surface area contributed by atoms with Crippen LogP contribution in [0.25, 0.3) is 6.08 Å². The van der Waals surface area contributed by atoms with Gasteiger partial charge < -0.3 is 14.7 Å². The van der Waals surface area contributed by atoms with Crippen molar-refractivity contribution >= 4 is 22.0 Å². The van der Waals surface area contributed by atoms with Crippen LogP contribution in [-0.4, -0.2) is 67.5 Å². The molecule has 1 aliphatic rings. The summed E-state index contributed by atoms with van der Waals surface area (Å²) in [7, 11) is -2.15. The molecule has 0 fully saturated rings. The second-order valence-electron chi connectivity index (χ2n) is 8.88. The van der Waals surface area contributed by atoms with E-state index in [1.54, 1.807) is 37.1 Å². The van der Waals surface area contributed by atoms with Crippen LogP contribution in [0.5, 0.6) is 5.75 Å². The van der Waals surface area contributed by atoms with Gasteiger partial charge in [0.05, 0.1) is 19.6 Å². The molecule has 1 aliphatic heterocycles. The molecule has 1 heterocycles. The van der Waals surface area contributed by atoms with Gasteiger partial charge in [-0.3, -0.25) is 4.79 Å². The van der Waals surface area contributed by atoms with Gasteiger partial charge in [-0.05, 0) is 37.1 Å². The van der Waals surface area contributed by atoms with Crippen molar-refractivity contribution in [2.24, 2.45) is 5.92 Å². The summed E-state index contributed by atoms with van der Waals surface area (Å²) in [6, 6.07) is 14.0. The molecular weight excluding hydrogens is 452 g/mol. The van der Waals surface area contributed by atoms with E-state index in [2.05, 4.69) is 0 Å². The third-order valence-corrected chi connectivity index (χ3v) is 8.15. The van der Waals surface area contributed by atoms with Crippen molar-refractivity contribution in [3.05, 3.63) is 65.7 Å². The van der Waals surface area contributed by atoms with E-state index in [-0.39, 0.29) is 42.0 Å². The molecule has 1 N–H and O–H groups in total. The van der Waals surface area contributed by atoms with Crippen LogP contribution in [0.2, 0.25) is 0 Å². The highest BCUT2D eigenvalue weighted by molar-refractivity contribution is 7.89. The second-order valence-corrected chi connectivity index (χ2v) is 10.7. The molecular formula is C26H34N2O5S. The Morgan fingerprint density at radius 2 is 1.97 bits per heavy atom. The summed E-state index contributed by atoms with van der Waals surface area (Å²) < 4.78 is 34.6. The Hall–Kier alpha value is -2.68. The topological polar surface area (TPSA) is 87.2 Å². The molecule has 8 heteroatoms. The molecule has 0 bridgehead atoms. The van der Waals surface area contributed by atoms with Gasteiger partial charge in [0.15, 0.2) is 0 Å². The average molecular weight is 487 g/mol. The molecule has 0 saturated carbocycles. The number of sulfonamides is 1. The number of ether oxygens (including phenoxy) is 1.